The van der Waals surface area contributed by atoms with E-state index in [1.807, 2.05) is 49.6 Å². The number of thiazole rings is 1. The van der Waals surface area contributed by atoms with Gasteiger partial charge in [0, 0.05) is 58.2 Å². The minimum absolute atomic E-state index is 0.0134. The number of urea groups is 1. The van der Waals surface area contributed by atoms with Crippen molar-refractivity contribution in [2.24, 2.45) is 29.4 Å². The van der Waals surface area contributed by atoms with Crippen molar-refractivity contribution in [3.63, 3.8) is 0 Å². The van der Waals surface area contributed by atoms with E-state index in [4.69, 9.17) is 24.7 Å². The fourth-order valence-corrected chi connectivity index (χ4v) is 14.4. The average Bonchev–Trinajstić information content (AvgIpc) is 1.40. The molecular weight excluding hydrogens is 1400 g/mol. The van der Waals surface area contributed by atoms with Crippen molar-refractivity contribution in [3.05, 3.63) is 113 Å². The molecule has 586 valence electrons. The summed E-state index contributed by atoms with van der Waals surface area (Å²) in [7, 11) is 0.422. The average molecular weight is 1520 g/mol. The zero-order valence-electron chi connectivity index (χ0n) is 63.9. The summed E-state index contributed by atoms with van der Waals surface area (Å²) in [6, 6.07) is 16.2. The number of hydrogen-bond acceptors (Lipinski definition) is 18. The van der Waals surface area contributed by atoms with Gasteiger partial charge in [-0.05, 0) is 139 Å². The van der Waals surface area contributed by atoms with Crippen molar-refractivity contribution in [2.75, 3.05) is 46.2 Å². The van der Waals surface area contributed by atoms with Crippen LogP contribution in [-0.4, -0.2) is 183 Å². The number of benzene rings is 3. The van der Waals surface area contributed by atoms with Crippen LogP contribution in [0.3, 0.4) is 0 Å². The third-order valence-electron chi connectivity index (χ3n) is 18.5. The van der Waals surface area contributed by atoms with Crippen LogP contribution in [0.2, 0.25) is 0 Å². The van der Waals surface area contributed by atoms with E-state index in [1.54, 1.807) is 98.8 Å². The van der Waals surface area contributed by atoms with Gasteiger partial charge in [0.1, 0.15) is 46.9 Å². The van der Waals surface area contributed by atoms with E-state index in [0.29, 0.717) is 44.2 Å². The number of aromatic nitrogens is 1. The molecule has 31 heteroatoms. The van der Waals surface area contributed by atoms with Crippen molar-refractivity contribution >= 4 is 86.6 Å². The lowest BCUT2D eigenvalue weighted by atomic mass is 9.89. The molecule has 11 N–H and O–H groups in total. The van der Waals surface area contributed by atoms with Crippen molar-refractivity contribution < 1.29 is 75.3 Å². The van der Waals surface area contributed by atoms with Crippen molar-refractivity contribution in [2.45, 2.75) is 224 Å². The highest BCUT2D eigenvalue weighted by Gasteiger charge is 2.44. The number of methoxy groups -OCH3 is 2. The second-order valence-electron chi connectivity index (χ2n) is 29.1. The number of anilines is 1. The Kier molecular flexibility index (Phi) is 34.8. The fraction of sp³-hybridized carbons (Fsp3) is 0.587. The van der Waals surface area contributed by atoms with Gasteiger partial charge in [-0.15, -0.1) is 11.3 Å². The maximum atomic E-state index is 14.8. The van der Waals surface area contributed by atoms with E-state index in [9.17, 15) is 56.4 Å². The molecule has 1 aromatic heterocycles. The first kappa shape index (κ1) is 87.9. The largest absolute Gasteiger partial charge is 0.445 e. The molecular formula is C75H113N13O16S2. The first-order valence-corrected chi connectivity index (χ1v) is 38.6. The smallest absolute Gasteiger partial charge is 0.408 e. The summed E-state index contributed by atoms with van der Waals surface area (Å²) in [6.45, 7) is 21.1. The van der Waals surface area contributed by atoms with E-state index in [-0.39, 0.29) is 86.2 Å². The molecule has 1 aliphatic rings. The molecule has 2 heterocycles. The molecule has 106 heavy (non-hydrogen) atoms. The lowest BCUT2D eigenvalue weighted by molar-refractivity contribution is -0.148. The monoisotopic (exact) mass is 1520 g/mol. The SMILES string of the molecule is CC[C@H](C)[C@@H]([C@@H](CC(=O)N1CCC[C@H]1[C@H](OC)[C@@H](C)C(=O)N[C@@H](Cc1ccccc1)c1nccs1)OC)N(C)C(=O)[C@@H](NC(=O)C(C)(C)NC(=O)OCc1ccc(NC(=O)[C@H](CCCNC(N)=O)NC(=O)[C@@H](NC(=O)[C@H](CCCCNC(=O)OC(C)(C)C)NS(=O)(=O)c2ccccc2)C(C)C)cc1)C(C)C. The quantitative estimate of drug-likeness (QED) is 0.0194. The third kappa shape index (κ3) is 27.5. The van der Waals surface area contributed by atoms with Crippen LogP contribution in [0.15, 0.2) is 101 Å². The van der Waals surface area contributed by atoms with E-state index in [0.717, 1.165) is 10.6 Å². The number of carbonyl (C=O) groups excluding carboxylic acids is 10. The van der Waals surface area contributed by atoms with Gasteiger partial charge in [-0.25, -0.2) is 27.8 Å². The number of amides is 11. The van der Waals surface area contributed by atoms with Crippen molar-refractivity contribution in [3.8, 4) is 0 Å². The van der Waals surface area contributed by atoms with Crippen LogP contribution < -0.4 is 53.0 Å². The van der Waals surface area contributed by atoms with Crippen LogP contribution in [0.5, 0.6) is 0 Å². The van der Waals surface area contributed by atoms with Gasteiger partial charge in [-0.2, -0.15) is 4.72 Å². The van der Waals surface area contributed by atoms with Crippen LogP contribution >= 0.6 is 11.3 Å². The summed E-state index contributed by atoms with van der Waals surface area (Å²) in [4.78, 5) is 145. The number of alkyl carbamates (subject to hydrolysis) is 2. The molecule has 11 atom stereocenters. The van der Waals surface area contributed by atoms with E-state index >= 15 is 0 Å². The molecule has 11 amide bonds. The second-order valence-corrected chi connectivity index (χ2v) is 31.7. The first-order valence-electron chi connectivity index (χ1n) is 36.2. The zero-order chi connectivity index (χ0) is 78.6. The highest BCUT2D eigenvalue weighted by atomic mass is 32.2. The topological polar surface area (TPSA) is 395 Å². The number of likely N-dealkylation sites (tertiary alicyclic amines) is 1. The molecule has 1 saturated heterocycles. The zero-order valence-corrected chi connectivity index (χ0v) is 65.5. The summed E-state index contributed by atoms with van der Waals surface area (Å²) >= 11 is 1.46. The number of nitrogens with two attached hydrogens (primary N) is 1. The Hall–Kier alpha value is -8.78. The molecule has 4 aromatic rings. The third-order valence-corrected chi connectivity index (χ3v) is 20.9. The summed E-state index contributed by atoms with van der Waals surface area (Å²) in [5.41, 5.74) is 4.72. The summed E-state index contributed by atoms with van der Waals surface area (Å²) < 4.78 is 52.6. The number of nitrogens with zero attached hydrogens (tertiary/aromatic N) is 3. The highest BCUT2D eigenvalue weighted by molar-refractivity contribution is 7.89. The fourth-order valence-electron chi connectivity index (χ4n) is 12.4. The van der Waals surface area contributed by atoms with Gasteiger partial charge in [0.15, 0.2) is 0 Å². The Morgan fingerprint density at radius 3 is 1.92 bits per heavy atom. The molecule has 3 aromatic carbocycles. The molecule has 5 rings (SSSR count). The number of unbranched alkanes of at least 4 members (excludes halogenated alkanes) is 1. The van der Waals surface area contributed by atoms with E-state index in [2.05, 4.69) is 52.2 Å². The maximum absolute atomic E-state index is 14.8. The van der Waals surface area contributed by atoms with Gasteiger partial charge >= 0.3 is 18.2 Å². The summed E-state index contributed by atoms with van der Waals surface area (Å²) in [5, 5.41) is 24.6. The van der Waals surface area contributed by atoms with Crippen LogP contribution in [0.1, 0.15) is 163 Å². The van der Waals surface area contributed by atoms with Gasteiger partial charge in [0.25, 0.3) is 0 Å². The molecule has 0 radical (unpaired) electrons. The molecule has 29 nitrogen and oxygen atoms in total. The van der Waals surface area contributed by atoms with Gasteiger partial charge < -0.3 is 77.0 Å². The van der Waals surface area contributed by atoms with Gasteiger partial charge in [0.2, 0.25) is 51.4 Å². The molecule has 0 aliphatic carbocycles. The highest BCUT2D eigenvalue weighted by Crippen LogP contribution is 2.31. The minimum atomic E-state index is -4.25. The minimum Gasteiger partial charge on any atom is -0.445 e. The maximum Gasteiger partial charge on any atom is 0.408 e. The van der Waals surface area contributed by atoms with Crippen LogP contribution in [0, 0.1) is 23.7 Å². The number of carbonyl (C=O) groups is 10. The van der Waals surface area contributed by atoms with Crippen molar-refractivity contribution in [1.29, 1.82) is 0 Å². The van der Waals surface area contributed by atoms with Crippen LogP contribution in [0.4, 0.5) is 20.1 Å². The Bertz CT molecular complexity index is 3620. The second kappa shape index (κ2) is 41.9. The molecule has 1 fully saturated rings. The predicted octanol–water partition coefficient (Wildman–Crippen LogP) is 7.36. The normalized spacial score (nSPS) is 16.1. The van der Waals surface area contributed by atoms with E-state index in [1.165, 1.54) is 73.6 Å². The van der Waals surface area contributed by atoms with E-state index < -0.39 is 135 Å². The summed E-state index contributed by atoms with van der Waals surface area (Å²) in [5.74, 6) is -5.73. The molecule has 0 saturated carbocycles. The lowest BCUT2D eigenvalue weighted by Gasteiger charge is -2.41. The van der Waals surface area contributed by atoms with Crippen molar-refractivity contribution in [1.82, 2.24) is 56.7 Å². The van der Waals surface area contributed by atoms with Crippen LogP contribution in [-0.2, 0) is 75.6 Å². The molecule has 0 unspecified atom stereocenters. The Balaban J connectivity index is 1.19. The molecule has 0 bridgehead atoms. The number of likely N-dealkylation sites (N-methyl/N-ethyl adjacent to an activating group) is 1. The Morgan fingerprint density at radius 2 is 1.34 bits per heavy atom. The van der Waals surface area contributed by atoms with Gasteiger partial charge in [0.05, 0.1) is 47.6 Å². The molecule has 0 spiro atoms. The number of rotatable bonds is 41. The Labute approximate surface area is 628 Å². The Morgan fingerprint density at radius 1 is 0.708 bits per heavy atom. The number of sulfonamides is 1. The number of primary amides is 1. The number of nitrogens with one attached hydrogen (secondary N) is 9. The summed E-state index contributed by atoms with van der Waals surface area (Å²) in [6.07, 6.45) is 1.76. The van der Waals surface area contributed by atoms with Crippen LogP contribution in [0.25, 0.3) is 0 Å². The number of hydrogen-bond donors (Lipinski definition) is 10. The first-order chi connectivity index (χ1) is 50.0. The molecule has 1 aliphatic heterocycles. The number of ether oxygens (including phenoxy) is 4. The predicted molar refractivity (Wildman–Crippen MR) is 403 cm³/mol. The standard InChI is InChI=1S/C75H113N13O16S2/c1-16-48(6)62(58(101-14)44-59(89)88-41-26-33-57(88)63(102-15)49(7)64(90)82-56(68-77-40-42-105-68)43-50-27-19-17-20-28-50)87(13)69(94)61(47(4)5)84-70(95)75(11,12)85-73(98)103-45-51-34-36-52(37-35-51)80-65(91)54(32-25-39-78-71(76)96)81-67(93)60(46(2)3)83-66(92)55(86-106(99,100)53-29-21-18-22-30-53)31-23-24-38-79-72(97)104-74(8,9)10/h17-22,27-30,34-37,40,42,46-49,54-58,60-63,86H,16,23-26,31-33,38-39,41,43-45H2,1-15H3,(H,79,97)(H,80,91)(H,81,93)(H,82,90)(H,83,92)(H,84,95)(H,85,98)(H3,76,78,96)/t48-,49+,54-,55-,56-,57-,58+,60-,61-,62-,63+/m0/s1. The van der Waals surface area contributed by atoms with Gasteiger partial charge in [-0.1, -0.05) is 116 Å². The lowest BCUT2D eigenvalue weighted by Crippen LogP contribution is -2.62. The van der Waals surface area contributed by atoms with Gasteiger partial charge in [-0.3, -0.25) is 33.6 Å².